The lowest BCUT2D eigenvalue weighted by molar-refractivity contribution is 0.400. The quantitative estimate of drug-likeness (QED) is 0.849. The summed E-state index contributed by atoms with van der Waals surface area (Å²) in [7, 11) is -2.02. The normalized spacial score (nSPS) is 13.0. The van der Waals surface area contributed by atoms with E-state index in [1.807, 2.05) is 6.07 Å². The van der Waals surface area contributed by atoms with Crippen LogP contribution in [-0.4, -0.2) is 37.8 Å². The van der Waals surface area contributed by atoms with E-state index in [1.165, 1.54) is 16.6 Å². The molecule has 0 spiro atoms. The minimum Gasteiger partial charge on any atom is -0.372 e. The fourth-order valence-electron chi connectivity index (χ4n) is 1.67. The van der Waals surface area contributed by atoms with Gasteiger partial charge in [-0.3, -0.25) is 0 Å². The maximum Gasteiger partial charge on any atom is 0.246 e. The molecule has 0 radical (unpaired) electrons. The number of sulfonamides is 1. The third kappa shape index (κ3) is 3.43. The van der Waals surface area contributed by atoms with E-state index in [0.717, 1.165) is 0 Å². The molecule has 1 unspecified atom stereocenters. The molecular formula is C12H18N4O2S. The lowest BCUT2D eigenvalue weighted by Gasteiger charge is -2.22. The molecule has 7 heteroatoms. The molecule has 0 aliphatic heterocycles. The van der Waals surface area contributed by atoms with Crippen LogP contribution in [0.4, 0.5) is 5.82 Å². The molecule has 0 saturated heterocycles. The summed E-state index contributed by atoms with van der Waals surface area (Å²) in [6.07, 6.45) is 1.53. The first-order valence-corrected chi connectivity index (χ1v) is 7.43. The Bertz CT molecular complexity index is 565. The number of anilines is 1. The number of nitrogens with one attached hydrogen (secondary N) is 1. The molecule has 6 nitrogen and oxygen atoms in total. The van der Waals surface area contributed by atoms with E-state index >= 15 is 0 Å². The Hall–Kier alpha value is -1.65. The van der Waals surface area contributed by atoms with E-state index in [2.05, 4.69) is 10.3 Å². The van der Waals surface area contributed by atoms with Crippen LogP contribution in [0.1, 0.15) is 13.8 Å². The molecule has 0 aliphatic rings. The molecule has 0 bridgehead atoms. The summed E-state index contributed by atoms with van der Waals surface area (Å²) in [4.78, 5) is 4.13. The number of nitrogens with zero attached hydrogens (tertiary/aromatic N) is 3. The number of pyridine rings is 1. The maximum atomic E-state index is 12.5. The van der Waals surface area contributed by atoms with Gasteiger partial charge in [-0.05, 0) is 19.1 Å². The van der Waals surface area contributed by atoms with E-state index in [9.17, 15) is 8.42 Å². The van der Waals surface area contributed by atoms with Crippen molar-refractivity contribution in [1.82, 2.24) is 9.29 Å². The highest BCUT2D eigenvalue weighted by Gasteiger charge is 2.27. The van der Waals surface area contributed by atoms with Gasteiger partial charge in [0.15, 0.2) is 0 Å². The van der Waals surface area contributed by atoms with Crippen molar-refractivity contribution >= 4 is 15.8 Å². The van der Waals surface area contributed by atoms with Gasteiger partial charge in [0, 0.05) is 26.3 Å². The van der Waals surface area contributed by atoms with Gasteiger partial charge in [0.05, 0.1) is 12.0 Å². The van der Waals surface area contributed by atoms with Gasteiger partial charge in [-0.2, -0.15) is 9.57 Å². The second-order valence-corrected chi connectivity index (χ2v) is 5.99. The van der Waals surface area contributed by atoms with Crippen LogP contribution >= 0.6 is 0 Å². The number of hydrogen-bond acceptors (Lipinski definition) is 5. The summed E-state index contributed by atoms with van der Waals surface area (Å²) in [6.45, 7) is 3.93. The fraction of sp³-hybridized carbons (Fsp3) is 0.500. The Kier molecular flexibility index (Phi) is 5.27. The number of rotatable bonds is 6. The molecule has 1 aromatic rings. The summed E-state index contributed by atoms with van der Waals surface area (Å²) in [5.74, 6) is -0.0463. The average Bonchev–Trinajstić information content (AvgIpc) is 2.43. The first kappa shape index (κ1) is 15.4. The van der Waals surface area contributed by atoms with Crippen LogP contribution in [0.25, 0.3) is 0 Å². The Balaban J connectivity index is 3.18. The van der Waals surface area contributed by atoms with Crippen LogP contribution < -0.4 is 5.32 Å². The molecule has 104 valence electrons. The third-order valence-corrected chi connectivity index (χ3v) is 4.65. The molecule has 0 aromatic carbocycles. The highest BCUT2D eigenvalue weighted by molar-refractivity contribution is 7.89. The van der Waals surface area contributed by atoms with E-state index in [0.29, 0.717) is 12.4 Å². The van der Waals surface area contributed by atoms with Crippen molar-refractivity contribution < 1.29 is 8.42 Å². The molecule has 1 heterocycles. The van der Waals surface area contributed by atoms with Crippen LogP contribution in [0.2, 0.25) is 0 Å². The van der Waals surface area contributed by atoms with E-state index in [1.54, 1.807) is 27.0 Å². The largest absolute Gasteiger partial charge is 0.372 e. The first-order chi connectivity index (χ1) is 8.97. The molecule has 1 rings (SSSR count). The molecular weight excluding hydrogens is 264 g/mol. The van der Waals surface area contributed by atoms with Crippen molar-refractivity contribution in [3.05, 3.63) is 18.3 Å². The third-order valence-electron chi connectivity index (χ3n) is 2.68. The van der Waals surface area contributed by atoms with Crippen LogP contribution in [0.15, 0.2) is 23.2 Å². The number of hydrogen-bond donors (Lipinski definition) is 1. The topological polar surface area (TPSA) is 86.1 Å². The Morgan fingerprint density at radius 1 is 1.58 bits per heavy atom. The van der Waals surface area contributed by atoms with Crippen molar-refractivity contribution in [2.45, 2.75) is 18.7 Å². The number of aromatic nitrogens is 1. The van der Waals surface area contributed by atoms with Crippen molar-refractivity contribution in [1.29, 1.82) is 5.26 Å². The van der Waals surface area contributed by atoms with Gasteiger partial charge in [0.1, 0.15) is 10.7 Å². The molecule has 1 N–H and O–H groups in total. The van der Waals surface area contributed by atoms with E-state index in [4.69, 9.17) is 5.26 Å². The predicted octanol–water partition coefficient (Wildman–Crippen LogP) is 1.29. The monoisotopic (exact) mass is 282 g/mol. The second-order valence-electron chi connectivity index (χ2n) is 4.09. The van der Waals surface area contributed by atoms with Gasteiger partial charge in [0.25, 0.3) is 0 Å². The molecule has 0 fully saturated rings. The van der Waals surface area contributed by atoms with Crippen molar-refractivity contribution in [3.8, 4) is 6.07 Å². The maximum absolute atomic E-state index is 12.5. The van der Waals surface area contributed by atoms with Crippen LogP contribution in [0.5, 0.6) is 0 Å². The van der Waals surface area contributed by atoms with E-state index < -0.39 is 10.0 Å². The van der Waals surface area contributed by atoms with Crippen molar-refractivity contribution in [3.63, 3.8) is 0 Å². The van der Waals surface area contributed by atoms with Gasteiger partial charge in [-0.25, -0.2) is 13.4 Å². The van der Waals surface area contributed by atoms with Gasteiger partial charge in [-0.1, -0.05) is 6.92 Å². The highest BCUT2D eigenvalue weighted by atomic mass is 32.2. The molecule has 0 aliphatic carbocycles. The Morgan fingerprint density at radius 3 is 2.79 bits per heavy atom. The SMILES string of the molecule is CCN(CC(C)C#N)S(=O)(=O)c1cccnc1NC. The first-order valence-electron chi connectivity index (χ1n) is 5.99. The zero-order chi connectivity index (χ0) is 14.5. The smallest absolute Gasteiger partial charge is 0.246 e. The number of nitriles is 1. The molecule has 0 amide bonds. The van der Waals surface area contributed by atoms with E-state index in [-0.39, 0.29) is 17.4 Å². The Labute approximate surface area is 114 Å². The zero-order valence-electron chi connectivity index (χ0n) is 11.3. The molecule has 1 atom stereocenters. The summed E-state index contributed by atoms with van der Waals surface area (Å²) in [6, 6.07) is 5.13. The fourth-order valence-corrected chi connectivity index (χ4v) is 3.36. The summed E-state index contributed by atoms with van der Waals surface area (Å²) < 4.78 is 26.4. The predicted molar refractivity (Wildman–Crippen MR) is 73.0 cm³/mol. The minimum atomic E-state index is -3.64. The standard InChI is InChI=1S/C12H18N4O2S/c1-4-16(9-10(2)8-13)19(17,18)11-6-5-7-15-12(11)14-3/h5-7,10H,4,9H2,1-3H3,(H,14,15). The molecule has 1 aromatic heterocycles. The summed E-state index contributed by atoms with van der Waals surface area (Å²) >= 11 is 0. The van der Waals surface area contributed by atoms with Gasteiger partial charge >= 0.3 is 0 Å². The van der Waals surface area contributed by atoms with Crippen LogP contribution in [-0.2, 0) is 10.0 Å². The van der Waals surface area contributed by atoms with Gasteiger partial charge < -0.3 is 5.32 Å². The highest BCUT2D eigenvalue weighted by Crippen LogP contribution is 2.22. The molecule has 19 heavy (non-hydrogen) atoms. The van der Waals surface area contributed by atoms with Crippen LogP contribution in [0.3, 0.4) is 0 Å². The van der Waals surface area contributed by atoms with Gasteiger partial charge in [0.2, 0.25) is 10.0 Å². The lowest BCUT2D eigenvalue weighted by atomic mass is 10.2. The van der Waals surface area contributed by atoms with Gasteiger partial charge in [-0.15, -0.1) is 0 Å². The lowest BCUT2D eigenvalue weighted by Crippen LogP contribution is -2.34. The van der Waals surface area contributed by atoms with Crippen molar-refractivity contribution in [2.75, 3.05) is 25.5 Å². The summed E-state index contributed by atoms with van der Waals surface area (Å²) in [5, 5.41) is 11.6. The average molecular weight is 282 g/mol. The zero-order valence-corrected chi connectivity index (χ0v) is 12.1. The minimum absolute atomic E-state index is 0.129. The molecule has 0 saturated carbocycles. The summed E-state index contributed by atoms with van der Waals surface area (Å²) in [5.41, 5.74) is 0. The second kappa shape index (κ2) is 6.50. The van der Waals surface area contributed by atoms with Crippen molar-refractivity contribution in [2.24, 2.45) is 5.92 Å². The van der Waals surface area contributed by atoms with Crippen LogP contribution in [0, 0.1) is 17.2 Å². The Morgan fingerprint density at radius 2 is 2.26 bits per heavy atom.